The van der Waals surface area contributed by atoms with E-state index in [9.17, 15) is 9.59 Å². The highest BCUT2D eigenvalue weighted by molar-refractivity contribution is 5.91. The lowest BCUT2D eigenvalue weighted by Gasteiger charge is -2.05. The number of rotatable bonds is 4. The maximum atomic E-state index is 11.3. The van der Waals surface area contributed by atoms with Gasteiger partial charge >= 0.3 is 5.97 Å². The van der Waals surface area contributed by atoms with Crippen LogP contribution >= 0.6 is 0 Å². The second-order valence-electron chi connectivity index (χ2n) is 2.97. The minimum atomic E-state index is -1.61. The molecule has 0 saturated carbocycles. The first-order chi connectivity index (χ1) is 7.00. The molecular formula is C9H11NO5. The molecule has 0 radical (unpaired) electrons. The van der Waals surface area contributed by atoms with Gasteiger partial charge in [-0.3, -0.25) is 4.79 Å². The third-order valence-electron chi connectivity index (χ3n) is 1.71. The van der Waals surface area contributed by atoms with Crippen molar-refractivity contribution in [2.45, 2.75) is 13.0 Å². The highest BCUT2D eigenvalue weighted by Crippen LogP contribution is 2.05. The number of furan rings is 1. The number of carboxylic acid groups (broad SMARTS) is 1. The molecule has 82 valence electrons. The predicted molar refractivity (Wildman–Crippen MR) is 49.4 cm³/mol. The van der Waals surface area contributed by atoms with Crippen molar-refractivity contribution in [2.75, 3.05) is 6.54 Å². The molecule has 1 heterocycles. The molecule has 0 aromatic carbocycles. The SMILES string of the molecule is Cc1ccc(C(=O)NCC(O)C(=O)O)o1. The molecule has 15 heavy (non-hydrogen) atoms. The molecule has 0 saturated heterocycles. The summed E-state index contributed by atoms with van der Waals surface area (Å²) in [5.74, 6) is -1.27. The first-order valence-electron chi connectivity index (χ1n) is 4.26. The number of carbonyl (C=O) groups is 2. The molecule has 0 aliphatic heterocycles. The number of nitrogens with one attached hydrogen (secondary N) is 1. The zero-order chi connectivity index (χ0) is 11.4. The molecule has 6 nitrogen and oxygen atoms in total. The maximum absolute atomic E-state index is 11.3. The molecule has 0 aliphatic carbocycles. The molecule has 0 aliphatic rings. The summed E-state index contributed by atoms with van der Waals surface area (Å²) >= 11 is 0. The van der Waals surface area contributed by atoms with Crippen molar-refractivity contribution in [3.8, 4) is 0 Å². The van der Waals surface area contributed by atoms with Crippen LogP contribution in [0.25, 0.3) is 0 Å². The lowest BCUT2D eigenvalue weighted by atomic mass is 10.3. The van der Waals surface area contributed by atoms with Gasteiger partial charge in [-0.25, -0.2) is 4.79 Å². The van der Waals surface area contributed by atoms with E-state index in [1.807, 2.05) is 0 Å². The Kier molecular flexibility index (Phi) is 3.46. The van der Waals surface area contributed by atoms with Crippen molar-refractivity contribution >= 4 is 11.9 Å². The molecule has 1 amide bonds. The Bertz CT molecular complexity index is 370. The number of aliphatic hydroxyl groups is 1. The first-order valence-corrected chi connectivity index (χ1v) is 4.26. The van der Waals surface area contributed by atoms with Crippen LogP contribution in [0.2, 0.25) is 0 Å². The summed E-state index contributed by atoms with van der Waals surface area (Å²) in [6.45, 7) is 1.33. The summed E-state index contributed by atoms with van der Waals surface area (Å²) in [4.78, 5) is 21.5. The van der Waals surface area contributed by atoms with E-state index < -0.39 is 18.0 Å². The Hall–Kier alpha value is -1.82. The number of carbonyl (C=O) groups excluding carboxylic acids is 1. The van der Waals surface area contributed by atoms with Gasteiger partial charge in [-0.1, -0.05) is 0 Å². The quantitative estimate of drug-likeness (QED) is 0.641. The fourth-order valence-corrected chi connectivity index (χ4v) is 0.920. The highest BCUT2D eigenvalue weighted by atomic mass is 16.4. The molecule has 0 fully saturated rings. The summed E-state index contributed by atoms with van der Waals surface area (Å²) in [6.07, 6.45) is -1.61. The van der Waals surface area contributed by atoms with Crippen LogP contribution in [0.4, 0.5) is 0 Å². The first kappa shape index (κ1) is 11.3. The number of carboxylic acids is 1. The van der Waals surface area contributed by atoms with Crippen molar-refractivity contribution in [3.63, 3.8) is 0 Å². The van der Waals surface area contributed by atoms with Gasteiger partial charge in [-0.2, -0.15) is 0 Å². The molecule has 1 aromatic heterocycles. The van der Waals surface area contributed by atoms with Gasteiger partial charge in [-0.05, 0) is 19.1 Å². The molecule has 0 bridgehead atoms. The molecule has 1 rings (SSSR count). The Morgan fingerprint density at radius 1 is 1.53 bits per heavy atom. The van der Waals surface area contributed by atoms with Crippen LogP contribution in [0.1, 0.15) is 16.3 Å². The molecule has 3 N–H and O–H groups in total. The number of aryl methyl sites for hydroxylation is 1. The van der Waals surface area contributed by atoms with Crippen molar-refractivity contribution in [3.05, 3.63) is 23.7 Å². The molecule has 1 aromatic rings. The molecule has 1 atom stereocenters. The van der Waals surface area contributed by atoms with Crippen LogP contribution in [0.15, 0.2) is 16.5 Å². The average Bonchev–Trinajstić information content (AvgIpc) is 2.60. The summed E-state index contributed by atoms with van der Waals surface area (Å²) in [7, 11) is 0. The molecule has 0 spiro atoms. The molecule has 6 heteroatoms. The second-order valence-corrected chi connectivity index (χ2v) is 2.97. The van der Waals surface area contributed by atoms with Gasteiger partial charge in [0.25, 0.3) is 5.91 Å². The van der Waals surface area contributed by atoms with Crippen LogP contribution < -0.4 is 5.32 Å². The topological polar surface area (TPSA) is 99.8 Å². The maximum Gasteiger partial charge on any atom is 0.334 e. The van der Waals surface area contributed by atoms with Gasteiger partial charge in [0.1, 0.15) is 5.76 Å². The highest BCUT2D eigenvalue weighted by Gasteiger charge is 2.16. The van der Waals surface area contributed by atoms with E-state index in [-0.39, 0.29) is 12.3 Å². The van der Waals surface area contributed by atoms with Crippen LogP contribution in [0, 0.1) is 6.92 Å². The fourth-order valence-electron chi connectivity index (χ4n) is 0.920. The van der Waals surface area contributed by atoms with Crippen LogP contribution in [-0.4, -0.2) is 34.7 Å². The zero-order valence-corrected chi connectivity index (χ0v) is 8.06. The normalized spacial score (nSPS) is 12.1. The second kappa shape index (κ2) is 4.61. The fraction of sp³-hybridized carbons (Fsp3) is 0.333. The van der Waals surface area contributed by atoms with E-state index in [1.54, 1.807) is 13.0 Å². The van der Waals surface area contributed by atoms with Crippen molar-refractivity contribution < 1.29 is 24.2 Å². The van der Waals surface area contributed by atoms with Crippen LogP contribution in [-0.2, 0) is 4.79 Å². The minimum Gasteiger partial charge on any atom is -0.479 e. The summed E-state index contributed by atoms with van der Waals surface area (Å²) in [6, 6.07) is 3.08. The van der Waals surface area contributed by atoms with Crippen LogP contribution in [0.3, 0.4) is 0 Å². The summed E-state index contributed by atoms with van der Waals surface area (Å²) in [5, 5.41) is 19.5. The van der Waals surface area contributed by atoms with Crippen molar-refractivity contribution in [2.24, 2.45) is 0 Å². The lowest BCUT2D eigenvalue weighted by molar-refractivity contribution is -0.146. The number of aliphatic hydroxyl groups excluding tert-OH is 1. The monoisotopic (exact) mass is 213 g/mol. The van der Waals surface area contributed by atoms with E-state index in [2.05, 4.69) is 5.32 Å². The van der Waals surface area contributed by atoms with E-state index in [1.165, 1.54) is 6.07 Å². The number of hydrogen-bond donors (Lipinski definition) is 3. The number of amides is 1. The van der Waals surface area contributed by atoms with E-state index in [0.717, 1.165) is 0 Å². The van der Waals surface area contributed by atoms with Gasteiger partial charge in [0.15, 0.2) is 11.9 Å². The Morgan fingerprint density at radius 2 is 2.20 bits per heavy atom. The summed E-state index contributed by atoms with van der Waals surface area (Å²) in [5.41, 5.74) is 0. The Balaban J connectivity index is 2.47. The Morgan fingerprint density at radius 3 is 2.67 bits per heavy atom. The third-order valence-corrected chi connectivity index (χ3v) is 1.71. The van der Waals surface area contributed by atoms with Gasteiger partial charge < -0.3 is 19.9 Å². The molecular weight excluding hydrogens is 202 g/mol. The largest absolute Gasteiger partial charge is 0.479 e. The number of hydrogen-bond acceptors (Lipinski definition) is 4. The van der Waals surface area contributed by atoms with E-state index in [0.29, 0.717) is 5.76 Å². The van der Waals surface area contributed by atoms with Crippen LogP contribution in [0.5, 0.6) is 0 Å². The van der Waals surface area contributed by atoms with E-state index in [4.69, 9.17) is 14.6 Å². The van der Waals surface area contributed by atoms with Crippen molar-refractivity contribution in [1.82, 2.24) is 5.32 Å². The standard InChI is InChI=1S/C9H11NO5/c1-5-2-3-7(15-5)8(12)10-4-6(11)9(13)14/h2-3,6,11H,4H2,1H3,(H,10,12)(H,13,14). The van der Waals surface area contributed by atoms with Crippen molar-refractivity contribution in [1.29, 1.82) is 0 Å². The predicted octanol–water partition coefficient (Wildman–Crippen LogP) is -0.237. The van der Waals surface area contributed by atoms with Gasteiger partial charge in [0.05, 0.1) is 6.54 Å². The zero-order valence-electron chi connectivity index (χ0n) is 8.06. The van der Waals surface area contributed by atoms with Gasteiger partial charge in [0.2, 0.25) is 0 Å². The van der Waals surface area contributed by atoms with E-state index >= 15 is 0 Å². The van der Waals surface area contributed by atoms with Gasteiger partial charge in [0, 0.05) is 0 Å². The summed E-state index contributed by atoms with van der Waals surface area (Å²) < 4.78 is 5.00. The molecule has 1 unspecified atom stereocenters. The third kappa shape index (κ3) is 3.10. The number of aliphatic carboxylic acids is 1. The minimum absolute atomic E-state index is 0.0880. The Labute approximate surface area is 85.5 Å². The average molecular weight is 213 g/mol. The lowest BCUT2D eigenvalue weighted by Crippen LogP contribution is -2.36. The van der Waals surface area contributed by atoms with Gasteiger partial charge in [-0.15, -0.1) is 0 Å². The smallest absolute Gasteiger partial charge is 0.334 e.